The molecule has 0 aliphatic carbocycles. The van der Waals surface area contributed by atoms with E-state index in [4.69, 9.17) is 0 Å². The topological polar surface area (TPSA) is 12.0 Å². The highest BCUT2D eigenvalue weighted by Crippen LogP contribution is 2.14. The molecular weight excluding hydrogens is 194 g/mol. The number of aryl methyl sites for hydroxylation is 3. The molecule has 1 nitrogen and oxygen atoms in total. The lowest BCUT2D eigenvalue weighted by Crippen LogP contribution is -2.25. The van der Waals surface area contributed by atoms with Crippen LogP contribution in [0.3, 0.4) is 0 Å². The van der Waals surface area contributed by atoms with E-state index in [1.54, 1.807) is 0 Å². The molecule has 1 rings (SSSR count). The Labute approximate surface area is 100 Å². The van der Waals surface area contributed by atoms with Gasteiger partial charge >= 0.3 is 0 Å². The molecule has 0 aromatic heterocycles. The second-order valence-electron chi connectivity index (χ2n) is 4.78. The van der Waals surface area contributed by atoms with Gasteiger partial charge in [0.25, 0.3) is 0 Å². The molecule has 0 fully saturated rings. The van der Waals surface area contributed by atoms with Crippen molar-refractivity contribution in [2.24, 2.45) is 0 Å². The summed E-state index contributed by atoms with van der Waals surface area (Å²) in [5.74, 6) is 0. The summed E-state index contributed by atoms with van der Waals surface area (Å²) in [6.07, 6.45) is 3.75. The Hall–Kier alpha value is -0.820. The summed E-state index contributed by atoms with van der Waals surface area (Å²) in [4.78, 5) is 0. The maximum absolute atomic E-state index is 3.46. The van der Waals surface area contributed by atoms with Crippen LogP contribution in [-0.2, 0) is 6.42 Å². The van der Waals surface area contributed by atoms with E-state index in [0.717, 1.165) is 6.54 Å². The monoisotopic (exact) mass is 219 g/mol. The molecule has 1 N–H and O–H groups in total. The Morgan fingerprint density at radius 3 is 2.69 bits per heavy atom. The number of nitrogens with one attached hydrogen (secondary N) is 1. The van der Waals surface area contributed by atoms with Gasteiger partial charge in [0.05, 0.1) is 0 Å². The highest BCUT2D eigenvalue weighted by molar-refractivity contribution is 5.30. The summed E-state index contributed by atoms with van der Waals surface area (Å²) in [5.41, 5.74) is 4.32. The van der Waals surface area contributed by atoms with Crippen molar-refractivity contribution in [2.75, 3.05) is 6.54 Å². The highest BCUT2D eigenvalue weighted by Gasteiger charge is 2.02. The fourth-order valence-electron chi connectivity index (χ4n) is 2.12. The van der Waals surface area contributed by atoms with Crippen LogP contribution in [0, 0.1) is 13.8 Å². The summed E-state index contributed by atoms with van der Waals surface area (Å²) in [5, 5.41) is 3.46. The van der Waals surface area contributed by atoms with E-state index < -0.39 is 0 Å². The van der Waals surface area contributed by atoms with Gasteiger partial charge in [0.1, 0.15) is 0 Å². The van der Waals surface area contributed by atoms with Gasteiger partial charge in [-0.2, -0.15) is 0 Å². The minimum atomic E-state index is 0.648. The molecular formula is C15H25N. The largest absolute Gasteiger partial charge is 0.315 e. The van der Waals surface area contributed by atoms with Crippen LogP contribution in [0.15, 0.2) is 18.2 Å². The second-order valence-corrected chi connectivity index (χ2v) is 4.78. The van der Waals surface area contributed by atoms with Gasteiger partial charge in [-0.1, -0.05) is 30.7 Å². The van der Waals surface area contributed by atoms with Crippen molar-refractivity contribution in [2.45, 2.75) is 53.0 Å². The molecule has 0 spiro atoms. The Morgan fingerprint density at radius 2 is 2.00 bits per heavy atom. The SMILES string of the molecule is CCNC(C)CCCc1cc(C)ccc1C. The molecule has 0 bridgehead atoms. The molecule has 0 aliphatic rings. The lowest BCUT2D eigenvalue weighted by molar-refractivity contribution is 0.512. The molecule has 16 heavy (non-hydrogen) atoms. The molecule has 1 aromatic rings. The third-order valence-electron chi connectivity index (χ3n) is 3.14. The van der Waals surface area contributed by atoms with Crippen LogP contribution < -0.4 is 5.32 Å². The normalized spacial score (nSPS) is 12.8. The summed E-state index contributed by atoms with van der Waals surface area (Å²) in [7, 11) is 0. The van der Waals surface area contributed by atoms with Crippen LogP contribution in [0.5, 0.6) is 0 Å². The van der Waals surface area contributed by atoms with Crippen molar-refractivity contribution in [1.82, 2.24) is 5.32 Å². The molecule has 0 radical (unpaired) electrons. The summed E-state index contributed by atoms with van der Waals surface area (Å²) in [6, 6.07) is 7.40. The first-order valence-corrected chi connectivity index (χ1v) is 6.43. The van der Waals surface area contributed by atoms with Gasteiger partial charge in [-0.3, -0.25) is 0 Å². The predicted molar refractivity (Wildman–Crippen MR) is 72.0 cm³/mol. The quantitative estimate of drug-likeness (QED) is 0.770. The average molecular weight is 219 g/mol. The number of hydrogen-bond donors (Lipinski definition) is 1. The van der Waals surface area contributed by atoms with Gasteiger partial charge in [-0.15, -0.1) is 0 Å². The minimum Gasteiger partial charge on any atom is -0.315 e. The van der Waals surface area contributed by atoms with Crippen molar-refractivity contribution >= 4 is 0 Å². The Morgan fingerprint density at radius 1 is 1.25 bits per heavy atom. The summed E-state index contributed by atoms with van der Waals surface area (Å²) >= 11 is 0. The van der Waals surface area contributed by atoms with Gasteiger partial charge in [0.2, 0.25) is 0 Å². The Balaban J connectivity index is 2.39. The van der Waals surface area contributed by atoms with Crippen molar-refractivity contribution in [1.29, 1.82) is 0 Å². The van der Waals surface area contributed by atoms with E-state index in [0.29, 0.717) is 6.04 Å². The lowest BCUT2D eigenvalue weighted by Gasteiger charge is -2.12. The van der Waals surface area contributed by atoms with Crippen LogP contribution in [0.1, 0.15) is 43.4 Å². The smallest absolute Gasteiger partial charge is 0.00387 e. The average Bonchev–Trinajstić information content (AvgIpc) is 2.23. The first-order chi connectivity index (χ1) is 7.63. The lowest BCUT2D eigenvalue weighted by atomic mass is 9.99. The number of rotatable bonds is 6. The number of benzene rings is 1. The molecule has 1 heteroatoms. The van der Waals surface area contributed by atoms with Crippen molar-refractivity contribution in [3.05, 3.63) is 34.9 Å². The summed E-state index contributed by atoms with van der Waals surface area (Å²) < 4.78 is 0. The van der Waals surface area contributed by atoms with Crippen LogP contribution in [0.2, 0.25) is 0 Å². The van der Waals surface area contributed by atoms with Crippen LogP contribution in [-0.4, -0.2) is 12.6 Å². The zero-order chi connectivity index (χ0) is 12.0. The molecule has 0 saturated heterocycles. The van der Waals surface area contributed by atoms with E-state index in [-0.39, 0.29) is 0 Å². The fraction of sp³-hybridized carbons (Fsp3) is 0.600. The van der Waals surface area contributed by atoms with E-state index in [9.17, 15) is 0 Å². The molecule has 90 valence electrons. The maximum atomic E-state index is 3.46. The zero-order valence-corrected chi connectivity index (χ0v) is 11.1. The molecule has 0 amide bonds. The van der Waals surface area contributed by atoms with Crippen LogP contribution in [0.4, 0.5) is 0 Å². The molecule has 1 atom stereocenters. The van der Waals surface area contributed by atoms with Crippen LogP contribution in [0.25, 0.3) is 0 Å². The first kappa shape index (κ1) is 13.2. The van der Waals surface area contributed by atoms with E-state index >= 15 is 0 Å². The van der Waals surface area contributed by atoms with Gasteiger partial charge in [-0.25, -0.2) is 0 Å². The molecule has 0 saturated carbocycles. The Kier molecular flexibility index (Phi) is 5.54. The zero-order valence-electron chi connectivity index (χ0n) is 11.1. The fourth-order valence-corrected chi connectivity index (χ4v) is 2.12. The molecule has 0 heterocycles. The van der Waals surface area contributed by atoms with E-state index in [2.05, 4.69) is 51.2 Å². The Bertz CT molecular complexity index is 317. The van der Waals surface area contributed by atoms with Crippen molar-refractivity contribution in [3.8, 4) is 0 Å². The standard InChI is InChI=1S/C15H25N/c1-5-16-14(4)7-6-8-15-11-12(2)9-10-13(15)3/h9-11,14,16H,5-8H2,1-4H3. The van der Waals surface area contributed by atoms with Gasteiger partial charge < -0.3 is 5.32 Å². The van der Waals surface area contributed by atoms with Crippen molar-refractivity contribution in [3.63, 3.8) is 0 Å². The van der Waals surface area contributed by atoms with Crippen molar-refractivity contribution < 1.29 is 0 Å². The predicted octanol–water partition coefficient (Wildman–Crippen LogP) is 3.62. The number of hydrogen-bond acceptors (Lipinski definition) is 1. The summed E-state index contributed by atoms with van der Waals surface area (Å²) in [6.45, 7) is 9.89. The third kappa shape index (κ3) is 4.36. The minimum absolute atomic E-state index is 0.648. The first-order valence-electron chi connectivity index (χ1n) is 6.43. The molecule has 0 aliphatic heterocycles. The van der Waals surface area contributed by atoms with Gasteiger partial charge in [0.15, 0.2) is 0 Å². The van der Waals surface area contributed by atoms with E-state index in [1.807, 2.05) is 0 Å². The molecule has 1 aromatic carbocycles. The highest BCUT2D eigenvalue weighted by atomic mass is 14.9. The van der Waals surface area contributed by atoms with Gasteiger partial charge in [-0.05, 0) is 57.7 Å². The van der Waals surface area contributed by atoms with Gasteiger partial charge in [0, 0.05) is 6.04 Å². The third-order valence-corrected chi connectivity index (χ3v) is 3.14. The van der Waals surface area contributed by atoms with Crippen LogP contribution >= 0.6 is 0 Å². The second kappa shape index (κ2) is 6.70. The molecule has 1 unspecified atom stereocenters. The maximum Gasteiger partial charge on any atom is 0.00387 e. The van der Waals surface area contributed by atoms with E-state index in [1.165, 1.54) is 36.0 Å².